The smallest absolute Gasteiger partial charge is 0.277 e. The molecule has 1 atom stereocenters. The Bertz CT molecular complexity index is 875. The topological polar surface area (TPSA) is 74.5 Å². The Morgan fingerprint density at radius 1 is 0.962 bits per heavy atom. The van der Waals surface area contributed by atoms with E-state index in [0.717, 1.165) is 11.3 Å². The number of benzene rings is 2. The Hall–Kier alpha value is -2.80. The van der Waals surface area contributed by atoms with E-state index in [-0.39, 0.29) is 11.0 Å². The SMILES string of the molecule is COc1ccc(C(=O)[C@@H](C)Sc2nnc(-c3ccc(OC)cc3)o2)cc1. The molecule has 0 aliphatic heterocycles. The standard InChI is InChI=1S/C19H18N2O4S/c1-12(17(22)13-4-8-15(23-2)9-5-13)26-19-21-20-18(25-19)14-6-10-16(24-3)11-7-14/h4-12H,1-3H3/t12-/m1/s1. The maximum Gasteiger partial charge on any atom is 0.277 e. The molecular formula is C19H18N2O4S. The predicted octanol–water partition coefficient (Wildman–Crippen LogP) is 4.12. The molecule has 2 aromatic carbocycles. The fraction of sp³-hybridized carbons (Fsp3) is 0.211. The van der Waals surface area contributed by atoms with E-state index in [4.69, 9.17) is 13.9 Å². The van der Waals surface area contributed by atoms with Crippen LogP contribution in [0.25, 0.3) is 11.5 Å². The summed E-state index contributed by atoms with van der Waals surface area (Å²) in [5, 5.41) is 8.06. The van der Waals surface area contributed by atoms with Crippen molar-refractivity contribution in [2.24, 2.45) is 0 Å². The molecule has 6 nitrogen and oxygen atoms in total. The first-order valence-electron chi connectivity index (χ1n) is 7.93. The summed E-state index contributed by atoms with van der Waals surface area (Å²) in [7, 11) is 3.20. The highest BCUT2D eigenvalue weighted by Crippen LogP contribution is 2.28. The second-order valence-corrected chi connectivity index (χ2v) is 6.75. The molecule has 26 heavy (non-hydrogen) atoms. The number of hydrogen-bond acceptors (Lipinski definition) is 7. The van der Waals surface area contributed by atoms with E-state index in [0.29, 0.717) is 22.4 Å². The van der Waals surface area contributed by atoms with Gasteiger partial charge in [0.25, 0.3) is 5.22 Å². The van der Waals surface area contributed by atoms with E-state index in [1.165, 1.54) is 11.8 Å². The molecule has 0 aliphatic carbocycles. The van der Waals surface area contributed by atoms with E-state index < -0.39 is 0 Å². The maximum atomic E-state index is 12.5. The lowest BCUT2D eigenvalue weighted by molar-refractivity contribution is 0.0993. The van der Waals surface area contributed by atoms with Gasteiger partial charge in [0.2, 0.25) is 5.89 Å². The van der Waals surface area contributed by atoms with Crippen LogP contribution in [0.5, 0.6) is 11.5 Å². The number of thioether (sulfide) groups is 1. The quantitative estimate of drug-likeness (QED) is 0.457. The zero-order valence-corrected chi connectivity index (χ0v) is 15.4. The molecule has 0 radical (unpaired) electrons. The summed E-state index contributed by atoms with van der Waals surface area (Å²) < 4.78 is 15.9. The predicted molar refractivity (Wildman–Crippen MR) is 98.9 cm³/mol. The first-order chi connectivity index (χ1) is 12.6. The average Bonchev–Trinajstić information content (AvgIpc) is 3.16. The Labute approximate surface area is 155 Å². The van der Waals surface area contributed by atoms with Crippen molar-refractivity contribution < 1.29 is 18.7 Å². The molecule has 3 rings (SSSR count). The zero-order chi connectivity index (χ0) is 18.5. The number of aromatic nitrogens is 2. The lowest BCUT2D eigenvalue weighted by atomic mass is 10.1. The Kier molecular flexibility index (Phi) is 5.58. The second kappa shape index (κ2) is 8.05. The van der Waals surface area contributed by atoms with Crippen LogP contribution < -0.4 is 9.47 Å². The Morgan fingerprint density at radius 2 is 1.54 bits per heavy atom. The van der Waals surface area contributed by atoms with Gasteiger partial charge < -0.3 is 13.9 Å². The molecule has 0 saturated heterocycles. The van der Waals surface area contributed by atoms with Crippen LogP contribution in [0.4, 0.5) is 0 Å². The van der Waals surface area contributed by atoms with Crippen LogP contribution in [-0.4, -0.2) is 35.5 Å². The van der Waals surface area contributed by atoms with E-state index in [1.54, 1.807) is 38.5 Å². The van der Waals surface area contributed by atoms with Crippen LogP contribution in [-0.2, 0) is 0 Å². The van der Waals surface area contributed by atoms with E-state index >= 15 is 0 Å². The number of ether oxygens (including phenoxy) is 2. The van der Waals surface area contributed by atoms with Gasteiger partial charge in [0.1, 0.15) is 11.5 Å². The number of carbonyl (C=O) groups excluding carboxylic acids is 1. The molecule has 0 aliphatic rings. The molecule has 1 aromatic heterocycles. The third-order valence-corrected chi connectivity index (χ3v) is 4.70. The molecule has 3 aromatic rings. The van der Waals surface area contributed by atoms with Gasteiger partial charge in [-0.1, -0.05) is 11.8 Å². The number of nitrogens with zero attached hydrogens (tertiary/aromatic N) is 2. The number of ketones is 1. The van der Waals surface area contributed by atoms with Gasteiger partial charge in [-0.05, 0) is 55.5 Å². The third kappa shape index (κ3) is 4.05. The molecule has 0 bridgehead atoms. The van der Waals surface area contributed by atoms with Gasteiger partial charge in [0.05, 0.1) is 19.5 Å². The van der Waals surface area contributed by atoms with Crippen LogP contribution in [0.15, 0.2) is 58.2 Å². The highest BCUT2D eigenvalue weighted by molar-refractivity contribution is 8.00. The summed E-state index contributed by atoms with van der Waals surface area (Å²) in [6.07, 6.45) is 0. The second-order valence-electron chi connectivity index (χ2n) is 5.45. The summed E-state index contributed by atoms with van der Waals surface area (Å²) in [5.41, 5.74) is 1.40. The van der Waals surface area contributed by atoms with Crippen molar-refractivity contribution in [1.82, 2.24) is 10.2 Å². The molecule has 0 saturated carbocycles. The van der Waals surface area contributed by atoms with Crippen molar-refractivity contribution in [2.75, 3.05) is 14.2 Å². The molecular weight excluding hydrogens is 352 g/mol. The van der Waals surface area contributed by atoms with Crippen molar-refractivity contribution in [3.63, 3.8) is 0 Å². The minimum absolute atomic E-state index is 0.0122. The lowest BCUT2D eigenvalue weighted by Gasteiger charge is -2.08. The highest BCUT2D eigenvalue weighted by atomic mass is 32.2. The lowest BCUT2D eigenvalue weighted by Crippen LogP contribution is -2.13. The number of hydrogen-bond donors (Lipinski definition) is 0. The number of rotatable bonds is 7. The van der Waals surface area contributed by atoms with Crippen LogP contribution in [0, 0.1) is 0 Å². The van der Waals surface area contributed by atoms with Crippen molar-refractivity contribution in [2.45, 2.75) is 17.4 Å². The highest BCUT2D eigenvalue weighted by Gasteiger charge is 2.20. The van der Waals surface area contributed by atoms with Gasteiger partial charge in [-0.2, -0.15) is 0 Å². The zero-order valence-electron chi connectivity index (χ0n) is 14.6. The molecule has 0 N–H and O–H groups in total. The third-order valence-electron chi connectivity index (χ3n) is 3.76. The van der Waals surface area contributed by atoms with Gasteiger partial charge in [-0.25, -0.2) is 0 Å². The van der Waals surface area contributed by atoms with E-state index in [9.17, 15) is 4.79 Å². The number of Topliss-reactive ketones (excluding diaryl/α,β-unsaturated/α-hetero) is 1. The van der Waals surface area contributed by atoms with Crippen LogP contribution >= 0.6 is 11.8 Å². The van der Waals surface area contributed by atoms with E-state index in [1.807, 2.05) is 31.2 Å². The van der Waals surface area contributed by atoms with Crippen LogP contribution in [0.1, 0.15) is 17.3 Å². The molecule has 0 spiro atoms. The minimum Gasteiger partial charge on any atom is -0.497 e. The van der Waals surface area contributed by atoms with Crippen molar-refractivity contribution in [3.8, 4) is 23.0 Å². The van der Waals surface area contributed by atoms with Crippen molar-refractivity contribution in [1.29, 1.82) is 0 Å². The van der Waals surface area contributed by atoms with Gasteiger partial charge >= 0.3 is 0 Å². The molecule has 1 heterocycles. The molecule has 0 unspecified atom stereocenters. The monoisotopic (exact) mass is 370 g/mol. The normalized spacial score (nSPS) is 11.8. The summed E-state index contributed by atoms with van der Waals surface area (Å²) in [6, 6.07) is 14.3. The van der Waals surface area contributed by atoms with Gasteiger partial charge in [0, 0.05) is 11.1 Å². The van der Waals surface area contributed by atoms with Crippen molar-refractivity contribution >= 4 is 17.5 Å². The Morgan fingerprint density at radius 3 is 2.12 bits per heavy atom. The van der Waals surface area contributed by atoms with Crippen molar-refractivity contribution in [3.05, 3.63) is 54.1 Å². The summed E-state index contributed by atoms with van der Waals surface area (Å²) in [5.74, 6) is 1.85. The van der Waals surface area contributed by atoms with Gasteiger partial charge in [-0.3, -0.25) is 4.79 Å². The largest absolute Gasteiger partial charge is 0.497 e. The van der Waals surface area contributed by atoms with Gasteiger partial charge in [-0.15, -0.1) is 10.2 Å². The van der Waals surface area contributed by atoms with Crippen LogP contribution in [0.3, 0.4) is 0 Å². The summed E-state index contributed by atoms with van der Waals surface area (Å²) in [6.45, 7) is 1.81. The molecule has 0 amide bonds. The van der Waals surface area contributed by atoms with Gasteiger partial charge in [0.15, 0.2) is 5.78 Å². The summed E-state index contributed by atoms with van der Waals surface area (Å²) >= 11 is 1.23. The first kappa shape index (κ1) is 18.0. The fourth-order valence-electron chi connectivity index (χ4n) is 2.30. The number of methoxy groups -OCH3 is 2. The average molecular weight is 370 g/mol. The molecule has 0 fully saturated rings. The molecule has 134 valence electrons. The Balaban J connectivity index is 1.68. The molecule has 7 heteroatoms. The van der Waals surface area contributed by atoms with E-state index in [2.05, 4.69) is 10.2 Å². The summed E-state index contributed by atoms with van der Waals surface area (Å²) in [4.78, 5) is 12.5. The van der Waals surface area contributed by atoms with Crippen LogP contribution in [0.2, 0.25) is 0 Å². The first-order valence-corrected chi connectivity index (χ1v) is 8.81. The number of carbonyl (C=O) groups is 1. The minimum atomic E-state index is -0.354. The fourth-order valence-corrected chi connectivity index (χ4v) is 3.06. The maximum absolute atomic E-state index is 12.5.